The Hall–Kier alpha value is -3.94. The molecule has 0 aliphatic rings. The Labute approximate surface area is 192 Å². The molecule has 8 heteroatoms. The van der Waals surface area contributed by atoms with E-state index in [0.29, 0.717) is 43.6 Å². The van der Waals surface area contributed by atoms with Gasteiger partial charge >= 0.3 is 0 Å². The van der Waals surface area contributed by atoms with Crippen LogP contribution < -0.4 is 10.1 Å². The van der Waals surface area contributed by atoms with Gasteiger partial charge in [-0.3, -0.25) is 4.79 Å². The molecular formula is C25H26N4O4. The highest BCUT2D eigenvalue weighted by Gasteiger charge is 2.12. The third-order valence-electron chi connectivity index (χ3n) is 5.01. The predicted octanol–water partition coefficient (Wildman–Crippen LogP) is 4.39. The zero-order chi connectivity index (χ0) is 23.0. The number of hydrogen-bond donors (Lipinski definition) is 1. The second kappa shape index (κ2) is 10.6. The Kier molecular flexibility index (Phi) is 7.14. The quantitative estimate of drug-likeness (QED) is 0.385. The molecule has 0 spiro atoms. The number of carbonyl (C=O) groups is 1. The van der Waals surface area contributed by atoms with Gasteiger partial charge in [-0.1, -0.05) is 22.9 Å². The van der Waals surface area contributed by atoms with Gasteiger partial charge in [0.25, 0.3) is 0 Å². The zero-order valence-electron chi connectivity index (χ0n) is 18.7. The van der Waals surface area contributed by atoms with Crippen LogP contribution >= 0.6 is 0 Å². The molecule has 0 atom stereocenters. The van der Waals surface area contributed by atoms with E-state index in [-0.39, 0.29) is 12.3 Å². The maximum Gasteiger partial charge on any atom is 0.227 e. The number of amides is 1. The number of aryl methyl sites for hydroxylation is 2. The molecule has 0 saturated carbocycles. The minimum absolute atomic E-state index is 0.0851. The first kappa shape index (κ1) is 22.3. The summed E-state index contributed by atoms with van der Waals surface area (Å²) in [6.45, 7) is 5.06. The molecule has 4 aromatic rings. The van der Waals surface area contributed by atoms with Gasteiger partial charge in [0.05, 0.1) is 12.3 Å². The largest absolute Gasteiger partial charge is 0.494 e. The topological polar surface area (TPSA) is 103 Å². The van der Waals surface area contributed by atoms with Crippen molar-refractivity contribution in [3.63, 3.8) is 0 Å². The standard InChI is InChI=1S/C25H26N4O4/c1-3-31-21-10-8-18(9-11-21)24-28-23(33-29-24)13-12-22(30)26-15-14-20-16-32-25(27-20)19-6-4-17(2)5-7-19/h4-11,16H,3,12-15H2,1-2H3,(H,26,30). The summed E-state index contributed by atoms with van der Waals surface area (Å²) < 4.78 is 16.3. The Bertz CT molecular complexity index is 1180. The van der Waals surface area contributed by atoms with Crippen molar-refractivity contribution in [1.29, 1.82) is 0 Å². The van der Waals surface area contributed by atoms with Crippen LogP contribution in [0.1, 0.15) is 30.5 Å². The smallest absolute Gasteiger partial charge is 0.227 e. The fourth-order valence-electron chi connectivity index (χ4n) is 3.23. The summed E-state index contributed by atoms with van der Waals surface area (Å²) in [5.41, 5.74) is 3.74. The molecule has 0 saturated heterocycles. The number of rotatable bonds is 10. The fourth-order valence-corrected chi connectivity index (χ4v) is 3.23. The molecule has 4 rings (SSSR count). The first-order chi connectivity index (χ1) is 16.1. The molecule has 0 bridgehead atoms. The number of hydrogen-bond acceptors (Lipinski definition) is 7. The summed E-state index contributed by atoms with van der Waals surface area (Å²) in [6, 6.07) is 15.5. The van der Waals surface area contributed by atoms with Crippen molar-refractivity contribution in [2.75, 3.05) is 13.2 Å². The van der Waals surface area contributed by atoms with Gasteiger partial charge in [0.2, 0.25) is 23.5 Å². The highest BCUT2D eigenvalue weighted by Crippen LogP contribution is 2.21. The molecule has 0 radical (unpaired) electrons. The Morgan fingerprint density at radius 3 is 2.52 bits per heavy atom. The number of nitrogens with one attached hydrogen (secondary N) is 1. The number of aromatic nitrogens is 3. The van der Waals surface area contributed by atoms with Crippen LogP contribution in [0.15, 0.2) is 63.7 Å². The summed E-state index contributed by atoms with van der Waals surface area (Å²) in [5.74, 6) is 2.20. The average Bonchev–Trinajstić information content (AvgIpc) is 3.49. The van der Waals surface area contributed by atoms with E-state index >= 15 is 0 Å². The minimum Gasteiger partial charge on any atom is -0.494 e. The molecule has 0 fully saturated rings. The average molecular weight is 447 g/mol. The van der Waals surface area contributed by atoms with Gasteiger partial charge in [-0.25, -0.2) is 4.98 Å². The molecule has 1 amide bonds. The molecule has 0 aliphatic carbocycles. The summed E-state index contributed by atoms with van der Waals surface area (Å²) in [6.07, 6.45) is 2.85. The van der Waals surface area contributed by atoms with E-state index in [4.69, 9.17) is 13.7 Å². The van der Waals surface area contributed by atoms with Crippen molar-refractivity contribution in [1.82, 2.24) is 20.4 Å². The third-order valence-corrected chi connectivity index (χ3v) is 5.01. The van der Waals surface area contributed by atoms with Crippen LogP contribution in [-0.2, 0) is 17.6 Å². The molecule has 33 heavy (non-hydrogen) atoms. The lowest BCUT2D eigenvalue weighted by Crippen LogP contribution is -2.26. The number of nitrogens with zero attached hydrogens (tertiary/aromatic N) is 3. The van der Waals surface area contributed by atoms with E-state index in [1.165, 1.54) is 5.56 Å². The van der Waals surface area contributed by atoms with Crippen molar-refractivity contribution in [2.45, 2.75) is 33.1 Å². The molecule has 0 aliphatic heterocycles. The highest BCUT2D eigenvalue weighted by atomic mass is 16.5. The van der Waals surface area contributed by atoms with Gasteiger partial charge in [-0.15, -0.1) is 0 Å². The van der Waals surface area contributed by atoms with Crippen LogP contribution in [0.4, 0.5) is 0 Å². The molecular weight excluding hydrogens is 420 g/mol. The highest BCUT2D eigenvalue weighted by molar-refractivity contribution is 5.76. The number of oxazole rings is 1. The minimum atomic E-state index is -0.0851. The van der Waals surface area contributed by atoms with Gasteiger partial charge in [0.1, 0.15) is 12.0 Å². The van der Waals surface area contributed by atoms with Crippen molar-refractivity contribution >= 4 is 5.91 Å². The Morgan fingerprint density at radius 1 is 1.00 bits per heavy atom. The van der Waals surface area contributed by atoms with Crippen molar-refractivity contribution < 1.29 is 18.5 Å². The maximum absolute atomic E-state index is 12.2. The van der Waals surface area contributed by atoms with Crippen LogP contribution in [0.2, 0.25) is 0 Å². The van der Waals surface area contributed by atoms with E-state index in [9.17, 15) is 4.79 Å². The predicted molar refractivity (Wildman–Crippen MR) is 123 cm³/mol. The normalized spacial score (nSPS) is 10.8. The molecule has 8 nitrogen and oxygen atoms in total. The Balaban J connectivity index is 1.21. The van der Waals surface area contributed by atoms with Gasteiger partial charge in [0.15, 0.2) is 0 Å². The van der Waals surface area contributed by atoms with Crippen LogP contribution in [0.5, 0.6) is 5.75 Å². The van der Waals surface area contributed by atoms with Gasteiger partial charge < -0.3 is 19.0 Å². The lowest BCUT2D eigenvalue weighted by atomic mass is 10.1. The fraction of sp³-hybridized carbons (Fsp3) is 0.280. The van der Waals surface area contributed by atoms with Crippen LogP contribution in [-0.4, -0.2) is 34.2 Å². The van der Waals surface area contributed by atoms with Crippen LogP contribution in [0.25, 0.3) is 22.8 Å². The number of ether oxygens (including phenoxy) is 1. The lowest BCUT2D eigenvalue weighted by Gasteiger charge is -2.02. The molecule has 170 valence electrons. The second-order valence-electron chi connectivity index (χ2n) is 7.58. The van der Waals surface area contributed by atoms with E-state index < -0.39 is 0 Å². The first-order valence-corrected chi connectivity index (χ1v) is 10.9. The van der Waals surface area contributed by atoms with E-state index in [0.717, 1.165) is 22.6 Å². The second-order valence-corrected chi connectivity index (χ2v) is 7.58. The summed E-state index contributed by atoms with van der Waals surface area (Å²) >= 11 is 0. The number of benzene rings is 2. The lowest BCUT2D eigenvalue weighted by molar-refractivity contribution is -0.121. The van der Waals surface area contributed by atoms with Crippen molar-refractivity contribution in [2.24, 2.45) is 0 Å². The van der Waals surface area contributed by atoms with Gasteiger partial charge in [-0.2, -0.15) is 4.98 Å². The van der Waals surface area contributed by atoms with Crippen LogP contribution in [0.3, 0.4) is 0 Å². The SMILES string of the molecule is CCOc1ccc(-c2noc(CCC(=O)NCCc3coc(-c4ccc(C)cc4)n3)n2)cc1. The Morgan fingerprint density at radius 2 is 1.76 bits per heavy atom. The molecule has 2 heterocycles. The molecule has 2 aromatic heterocycles. The number of carbonyl (C=O) groups excluding carboxylic acids is 1. The van der Waals surface area contributed by atoms with E-state index in [1.54, 1.807) is 6.26 Å². The van der Waals surface area contributed by atoms with Crippen molar-refractivity contribution in [3.05, 3.63) is 71.9 Å². The van der Waals surface area contributed by atoms with Crippen LogP contribution in [0, 0.1) is 6.92 Å². The van der Waals surface area contributed by atoms with E-state index in [1.807, 2.05) is 62.4 Å². The van der Waals surface area contributed by atoms with E-state index in [2.05, 4.69) is 20.4 Å². The summed E-state index contributed by atoms with van der Waals surface area (Å²) in [7, 11) is 0. The molecule has 1 N–H and O–H groups in total. The first-order valence-electron chi connectivity index (χ1n) is 10.9. The molecule has 0 unspecified atom stereocenters. The summed E-state index contributed by atoms with van der Waals surface area (Å²) in [5, 5.41) is 6.89. The monoisotopic (exact) mass is 446 g/mol. The van der Waals surface area contributed by atoms with Gasteiger partial charge in [0, 0.05) is 36.9 Å². The summed E-state index contributed by atoms with van der Waals surface area (Å²) in [4.78, 5) is 21.0. The maximum atomic E-state index is 12.2. The third kappa shape index (κ3) is 6.06. The van der Waals surface area contributed by atoms with Gasteiger partial charge in [-0.05, 0) is 50.2 Å². The zero-order valence-corrected chi connectivity index (χ0v) is 18.7. The van der Waals surface area contributed by atoms with Crippen molar-refractivity contribution in [3.8, 4) is 28.6 Å². The molecule has 2 aromatic carbocycles.